The molecule has 1 aromatic rings. The molecule has 0 aliphatic heterocycles. The second-order valence-electron chi connectivity index (χ2n) is 2.31. The summed E-state index contributed by atoms with van der Waals surface area (Å²) < 4.78 is 0. The molecule has 0 radical (unpaired) electrons. The van der Waals surface area contributed by atoms with Crippen LogP contribution in [0.25, 0.3) is 0 Å². The molecule has 2 nitrogen and oxygen atoms in total. The highest BCUT2D eigenvalue weighted by atomic mass is 35.5. The molecule has 13 heavy (non-hydrogen) atoms. The lowest BCUT2D eigenvalue weighted by Gasteiger charge is -2.09. The largest absolute Gasteiger partial charge is 0.384 e. The minimum atomic E-state index is -0.926. The summed E-state index contributed by atoms with van der Waals surface area (Å²) >= 11 is 17.1. The fourth-order valence-corrected chi connectivity index (χ4v) is 1.80. The van der Waals surface area contributed by atoms with Gasteiger partial charge in [-0.2, -0.15) is 0 Å². The molecule has 1 aromatic heterocycles. The van der Waals surface area contributed by atoms with Gasteiger partial charge in [0.05, 0.1) is 5.02 Å². The van der Waals surface area contributed by atoms with Crippen molar-refractivity contribution in [2.45, 2.75) is 6.10 Å². The summed E-state index contributed by atoms with van der Waals surface area (Å²) in [4.78, 5) is 3.74. The molecule has 0 bridgehead atoms. The van der Waals surface area contributed by atoms with E-state index in [0.29, 0.717) is 5.56 Å². The second kappa shape index (κ2) is 4.29. The van der Waals surface area contributed by atoms with Gasteiger partial charge in [0.15, 0.2) is 0 Å². The maximum absolute atomic E-state index is 9.41. The standard InChI is InChI=1S/C8H6Cl3NO/c1-2-5(13)7-4(9)3-6(10)12-8(7)11/h2-3,5,13H,1H2. The van der Waals surface area contributed by atoms with Crippen LogP contribution in [0.15, 0.2) is 18.7 Å². The molecule has 1 atom stereocenters. The lowest BCUT2D eigenvalue weighted by atomic mass is 10.1. The summed E-state index contributed by atoms with van der Waals surface area (Å²) in [7, 11) is 0. The van der Waals surface area contributed by atoms with E-state index < -0.39 is 6.10 Å². The first-order valence-electron chi connectivity index (χ1n) is 3.38. The van der Waals surface area contributed by atoms with E-state index in [9.17, 15) is 5.11 Å². The Bertz CT molecular complexity index is 317. The van der Waals surface area contributed by atoms with Gasteiger partial charge < -0.3 is 5.11 Å². The van der Waals surface area contributed by atoms with Crippen LogP contribution >= 0.6 is 34.8 Å². The number of hydrogen-bond acceptors (Lipinski definition) is 2. The monoisotopic (exact) mass is 237 g/mol. The zero-order valence-electron chi connectivity index (χ0n) is 6.47. The molecule has 0 aromatic carbocycles. The van der Waals surface area contributed by atoms with E-state index >= 15 is 0 Å². The summed E-state index contributed by atoms with van der Waals surface area (Å²) in [5.74, 6) is 0. The Balaban J connectivity index is 3.28. The molecule has 0 aliphatic rings. The average Bonchev–Trinajstić information content (AvgIpc) is 2.02. The van der Waals surface area contributed by atoms with Crippen LogP contribution in [-0.4, -0.2) is 10.1 Å². The van der Waals surface area contributed by atoms with Crippen molar-refractivity contribution in [2.75, 3.05) is 0 Å². The normalized spacial score (nSPS) is 12.6. The number of pyridine rings is 1. The Morgan fingerprint density at radius 2 is 2.08 bits per heavy atom. The molecule has 0 spiro atoms. The molecule has 0 saturated carbocycles. The summed E-state index contributed by atoms with van der Waals surface area (Å²) in [5, 5.41) is 9.96. The Kier molecular flexibility index (Phi) is 3.56. The van der Waals surface area contributed by atoms with Crippen LogP contribution < -0.4 is 0 Å². The quantitative estimate of drug-likeness (QED) is 0.634. The molecule has 1 heterocycles. The molecule has 0 aliphatic carbocycles. The molecule has 70 valence electrons. The average molecular weight is 239 g/mol. The van der Waals surface area contributed by atoms with E-state index in [4.69, 9.17) is 34.8 Å². The minimum absolute atomic E-state index is 0.0879. The molecule has 0 amide bonds. The van der Waals surface area contributed by atoms with Crippen LogP contribution in [-0.2, 0) is 0 Å². The van der Waals surface area contributed by atoms with Crippen LogP contribution in [0.2, 0.25) is 15.3 Å². The molecular weight excluding hydrogens is 232 g/mol. The fourth-order valence-electron chi connectivity index (χ4n) is 0.848. The van der Waals surface area contributed by atoms with Crippen LogP contribution in [0.4, 0.5) is 0 Å². The first-order valence-corrected chi connectivity index (χ1v) is 4.51. The lowest BCUT2D eigenvalue weighted by molar-refractivity contribution is 0.229. The number of hydrogen-bond donors (Lipinski definition) is 1. The number of aromatic nitrogens is 1. The third-order valence-corrected chi connectivity index (χ3v) is 2.24. The zero-order chi connectivity index (χ0) is 10.0. The highest BCUT2D eigenvalue weighted by Gasteiger charge is 2.14. The molecule has 1 rings (SSSR count). The summed E-state index contributed by atoms with van der Waals surface area (Å²) in [6.07, 6.45) is 0.382. The van der Waals surface area contributed by atoms with Gasteiger partial charge in [0.2, 0.25) is 0 Å². The maximum atomic E-state index is 9.41. The molecule has 0 fully saturated rings. The predicted molar refractivity (Wildman–Crippen MR) is 54.4 cm³/mol. The van der Waals surface area contributed by atoms with Gasteiger partial charge in [-0.3, -0.25) is 0 Å². The molecule has 0 saturated heterocycles. The number of aliphatic hydroxyl groups is 1. The van der Waals surface area contributed by atoms with Crippen molar-refractivity contribution in [1.29, 1.82) is 0 Å². The van der Waals surface area contributed by atoms with Crippen molar-refractivity contribution in [3.8, 4) is 0 Å². The van der Waals surface area contributed by atoms with Crippen LogP contribution in [0.1, 0.15) is 11.7 Å². The number of halogens is 3. The first-order chi connectivity index (χ1) is 6.06. The van der Waals surface area contributed by atoms with E-state index in [2.05, 4.69) is 11.6 Å². The van der Waals surface area contributed by atoms with Gasteiger partial charge in [0, 0.05) is 5.56 Å². The zero-order valence-corrected chi connectivity index (χ0v) is 8.74. The van der Waals surface area contributed by atoms with E-state index in [1.165, 1.54) is 12.1 Å². The van der Waals surface area contributed by atoms with Gasteiger partial charge in [-0.25, -0.2) is 4.98 Å². The highest BCUT2D eigenvalue weighted by molar-refractivity contribution is 6.37. The van der Waals surface area contributed by atoms with Crippen molar-refractivity contribution in [3.05, 3.63) is 39.6 Å². The van der Waals surface area contributed by atoms with E-state index in [-0.39, 0.29) is 15.3 Å². The van der Waals surface area contributed by atoms with E-state index in [1.54, 1.807) is 0 Å². The molecular formula is C8H6Cl3NO. The van der Waals surface area contributed by atoms with Crippen molar-refractivity contribution >= 4 is 34.8 Å². The minimum Gasteiger partial charge on any atom is -0.384 e. The van der Waals surface area contributed by atoms with Crippen LogP contribution in [0.5, 0.6) is 0 Å². The Morgan fingerprint density at radius 1 is 1.46 bits per heavy atom. The van der Waals surface area contributed by atoms with Crippen LogP contribution in [0.3, 0.4) is 0 Å². The van der Waals surface area contributed by atoms with Crippen molar-refractivity contribution in [3.63, 3.8) is 0 Å². The lowest BCUT2D eigenvalue weighted by Crippen LogP contribution is -1.97. The van der Waals surface area contributed by atoms with E-state index in [0.717, 1.165) is 0 Å². The van der Waals surface area contributed by atoms with Crippen molar-refractivity contribution < 1.29 is 5.11 Å². The Hall–Kier alpha value is -0.280. The van der Waals surface area contributed by atoms with Crippen LogP contribution in [0, 0.1) is 0 Å². The van der Waals surface area contributed by atoms with Gasteiger partial charge in [0.25, 0.3) is 0 Å². The summed E-state index contributed by atoms with van der Waals surface area (Å²) in [6.45, 7) is 3.41. The van der Waals surface area contributed by atoms with E-state index in [1.807, 2.05) is 0 Å². The highest BCUT2D eigenvalue weighted by Crippen LogP contribution is 2.31. The van der Waals surface area contributed by atoms with Gasteiger partial charge in [-0.05, 0) is 6.07 Å². The summed E-state index contributed by atoms with van der Waals surface area (Å²) in [6, 6.07) is 1.41. The van der Waals surface area contributed by atoms with Gasteiger partial charge in [-0.15, -0.1) is 6.58 Å². The topological polar surface area (TPSA) is 33.1 Å². The third kappa shape index (κ3) is 2.35. The maximum Gasteiger partial charge on any atom is 0.138 e. The van der Waals surface area contributed by atoms with Gasteiger partial charge >= 0.3 is 0 Å². The smallest absolute Gasteiger partial charge is 0.138 e. The SMILES string of the molecule is C=CC(O)c1c(Cl)cc(Cl)nc1Cl. The molecule has 5 heteroatoms. The Labute approximate surface area is 90.8 Å². The fraction of sp³-hybridized carbons (Fsp3) is 0.125. The van der Waals surface area contributed by atoms with Gasteiger partial charge in [-0.1, -0.05) is 40.9 Å². The second-order valence-corrected chi connectivity index (χ2v) is 3.46. The first kappa shape index (κ1) is 10.8. The number of nitrogens with zero attached hydrogens (tertiary/aromatic N) is 1. The van der Waals surface area contributed by atoms with Gasteiger partial charge in [0.1, 0.15) is 16.4 Å². The summed E-state index contributed by atoms with van der Waals surface area (Å²) in [5.41, 5.74) is 0.322. The van der Waals surface area contributed by atoms with Crippen molar-refractivity contribution in [2.24, 2.45) is 0 Å². The molecule has 1 unspecified atom stereocenters. The molecule has 1 N–H and O–H groups in total. The van der Waals surface area contributed by atoms with Crippen molar-refractivity contribution in [1.82, 2.24) is 4.98 Å². The number of rotatable bonds is 2. The Morgan fingerprint density at radius 3 is 2.54 bits per heavy atom. The predicted octanol–water partition coefficient (Wildman–Crippen LogP) is 3.26. The number of aliphatic hydroxyl groups excluding tert-OH is 1. The third-order valence-electron chi connectivity index (χ3n) is 1.45.